The number of nitrogen functional groups attached to an aromatic ring is 1. The molecule has 0 fully saturated rings. The first kappa shape index (κ1) is 18.7. The Balaban J connectivity index is 1.95. The highest BCUT2D eigenvalue weighted by molar-refractivity contribution is 5.56. The number of rotatable bonds is 10. The van der Waals surface area contributed by atoms with Crippen LogP contribution in [0.3, 0.4) is 0 Å². The maximum Gasteiger partial charge on any atom is 0.233 e. The van der Waals surface area contributed by atoms with Gasteiger partial charge in [0.05, 0.1) is 7.11 Å². The van der Waals surface area contributed by atoms with Crippen LogP contribution >= 0.6 is 0 Å². The summed E-state index contributed by atoms with van der Waals surface area (Å²) >= 11 is 0. The average molecular weight is 348 g/mol. The number of anilines is 4. The van der Waals surface area contributed by atoms with E-state index >= 15 is 0 Å². The zero-order valence-corrected chi connectivity index (χ0v) is 14.7. The molecule has 1 heterocycles. The minimum absolute atomic E-state index is 0.0972. The van der Waals surface area contributed by atoms with Crippen LogP contribution in [0.25, 0.3) is 0 Å². The second kappa shape index (κ2) is 9.61. The van der Waals surface area contributed by atoms with Gasteiger partial charge in [0.1, 0.15) is 0 Å². The molecule has 2 aromatic rings. The molecule has 7 nitrogen and oxygen atoms in total. The Labute approximate surface area is 147 Å². The van der Waals surface area contributed by atoms with Gasteiger partial charge >= 0.3 is 0 Å². The summed E-state index contributed by atoms with van der Waals surface area (Å²) in [7, 11) is 1.42. The number of hydrogen-bond donors (Lipinski definition) is 3. The Bertz CT molecular complexity index is 682. The first-order valence-corrected chi connectivity index (χ1v) is 8.48. The first-order chi connectivity index (χ1) is 12.1. The fourth-order valence-corrected chi connectivity index (χ4v) is 2.33. The SMILES string of the molecule is CCCCCCCNc1nc(N)nc(Nc2ccc(OC)c(F)c2)n1. The lowest BCUT2D eigenvalue weighted by Crippen LogP contribution is -2.10. The second-order valence-corrected chi connectivity index (χ2v) is 5.66. The van der Waals surface area contributed by atoms with Crippen molar-refractivity contribution < 1.29 is 9.13 Å². The molecule has 25 heavy (non-hydrogen) atoms. The predicted molar refractivity (Wildman–Crippen MR) is 97.7 cm³/mol. The summed E-state index contributed by atoms with van der Waals surface area (Å²) in [6, 6.07) is 4.50. The molecule has 0 aliphatic heterocycles. The van der Waals surface area contributed by atoms with Gasteiger partial charge in [0, 0.05) is 18.3 Å². The summed E-state index contributed by atoms with van der Waals surface area (Å²) < 4.78 is 18.6. The average Bonchev–Trinajstić information content (AvgIpc) is 2.58. The smallest absolute Gasteiger partial charge is 0.233 e. The van der Waals surface area contributed by atoms with Crippen molar-refractivity contribution in [3.8, 4) is 5.75 Å². The van der Waals surface area contributed by atoms with Crippen LogP contribution in [0, 0.1) is 5.82 Å². The van der Waals surface area contributed by atoms with Crippen LogP contribution in [0.5, 0.6) is 5.75 Å². The molecule has 136 valence electrons. The number of unbranched alkanes of at least 4 members (excludes halogenated alkanes) is 4. The van der Waals surface area contributed by atoms with E-state index < -0.39 is 5.82 Å². The molecule has 0 bridgehead atoms. The maximum absolute atomic E-state index is 13.8. The number of nitrogens with zero attached hydrogens (tertiary/aromatic N) is 3. The van der Waals surface area contributed by atoms with E-state index in [1.807, 2.05) is 0 Å². The highest BCUT2D eigenvalue weighted by atomic mass is 19.1. The van der Waals surface area contributed by atoms with Crippen molar-refractivity contribution in [2.45, 2.75) is 39.0 Å². The van der Waals surface area contributed by atoms with Crippen LogP contribution < -0.4 is 21.1 Å². The third-order valence-corrected chi connectivity index (χ3v) is 3.62. The molecule has 0 amide bonds. The van der Waals surface area contributed by atoms with Gasteiger partial charge in [-0.1, -0.05) is 32.6 Å². The van der Waals surface area contributed by atoms with Crippen LogP contribution in [0.4, 0.5) is 27.9 Å². The molecule has 1 aromatic heterocycles. The van der Waals surface area contributed by atoms with Gasteiger partial charge in [0.15, 0.2) is 11.6 Å². The van der Waals surface area contributed by atoms with Crippen LogP contribution in [0.1, 0.15) is 39.0 Å². The maximum atomic E-state index is 13.8. The summed E-state index contributed by atoms with van der Waals surface area (Å²) in [5, 5.41) is 6.06. The van der Waals surface area contributed by atoms with Crippen molar-refractivity contribution in [2.24, 2.45) is 0 Å². The van der Waals surface area contributed by atoms with E-state index in [9.17, 15) is 4.39 Å². The highest BCUT2D eigenvalue weighted by Crippen LogP contribution is 2.22. The van der Waals surface area contributed by atoms with E-state index in [0.717, 1.165) is 19.4 Å². The van der Waals surface area contributed by atoms with Crippen LogP contribution in [-0.2, 0) is 0 Å². The molecule has 0 aliphatic carbocycles. The number of aromatic nitrogens is 3. The Morgan fingerprint density at radius 1 is 1.08 bits per heavy atom. The molecule has 8 heteroatoms. The molecule has 0 atom stereocenters. The first-order valence-electron chi connectivity index (χ1n) is 8.48. The fourth-order valence-electron chi connectivity index (χ4n) is 2.33. The molecule has 0 saturated heterocycles. The molecule has 2 rings (SSSR count). The van der Waals surface area contributed by atoms with Gasteiger partial charge in [0.2, 0.25) is 17.8 Å². The standard InChI is InChI=1S/C17H25FN6O/c1-3-4-5-6-7-10-20-16-22-15(19)23-17(24-16)21-12-8-9-14(25-2)13(18)11-12/h8-9,11H,3-7,10H2,1-2H3,(H4,19,20,21,22,23,24). The van der Waals surface area contributed by atoms with E-state index in [1.165, 1.54) is 38.5 Å². The molecule has 1 aromatic carbocycles. The van der Waals surface area contributed by atoms with Crippen LogP contribution in [-0.4, -0.2) is 28.6 Å². The van der Waals surface area contributed by atoms with Crippen molar-refractivity contribution in [1.29, 1.82) is 0 Å². The molecule has 4 N–H and O–H groups in total. The van der Waals surface area contributed by atoms with Gasteiger partial charge < -0.3 is 21.1 Å². The van der Waals surface area contributed by atoms with Gasteiger partial charge in [-0.3, -0.25) is 0 Å². The molecular formula is C17H25FN6O. The minimum atomic E-state index is -0.472. The van der Waals surface area contributed by atoms with E-state index in [0.29, 0.717) is 11.6 Å². The molecule has 0 unspecified atom stereocenters. The molecule has 0 spiro atoms. The molecule has 0 saturated carbocycles. The Morgan fingerprint density at radius 2 is 1.84 bits per heavy atom. The predicted octanol–water partition coefficient (Wildman–Crippen LogP) is 3.73. The topological polar surface area (TPSA) is 98.0 Å². The van der Waals surface area contributed by atoms with Crippen LogP contribution in [0.15, 0.2) is 18.2 Å². The lowest BCUT2D eigenvalue weighted by Gasteiger charge is -2.09. The summed E-state index contributed by atoms with van der Waals surface area (Å²) in [6.45, 7) is 2.96. The third kappa shape index (κ3) is 6.06. The minimum Gasteiger partial charge on any atom is -0.494 e. The van der Waals surface area contributed by atoms with Crippen molar-refractivity contribution in [1.82, 2.24) is 15.0 Å². The largest absolute Gasteiger partial charge is 0.494 e. The number of nitrogens with two attached hydrogens (primary N) is 1. The fraction of sp³-hybridized carbons (Fsp3) is 0.471. The van der Waals surface area contributed by atoms with E-state index in [4.69, 9.17) is 10.5 Å². The van der Waals surface area contributed by atoms with E-state index in [-0.39, 0.29) is 17.6 Å². The summed E-state index contributed by atoms with van der Waals surface area (Å²) in [6.07, 6.45) is 5.91. The van der Waals surface area contributed by atoms with Crippen LogP contribution in [0.2, 0.25) is 0 Å². The number of methoxy groups -OCH3 is 1. The van der Waals surface area contributed by atoms with Crippen molar-refractivity contribution in [2.75, 3.05) is 30.0 Å². The lowest BCUT2D eigenvalue weighted by atomic mass is 10.1. The molecule has 0 aliphatic rings. The van der Waals surface area contributed by atoms with Gasteiger partial charge in [-0.15, -0.1) is 0 Å². The Kier molecular flexibility index (Phi) is 7.18. The van der Waals surface area contributed by atoms with Crippen molar-refractivity contribution in [3.63, 3.8) is 0 Å². The van der Waals surface area contributed by atoms with Gasteiger partial charge in [-0.2, -0.15) is 15.0 Å². The summed E-state index contributed by atoms with van der Waals surface area (Å²) in [4.78, 5) is 12.3. The van der Waals surface area contributed by atoms with E-state index in [2.05, 4.69) is 32.5 Å². The molecule has 0 radical (unpaired) electrons. The van der Waals surface area contributed by atoms with Gasteiger partial charge in [-0.25, -0.2) is 4.39 Å². The zero-order chi connectivity index (χ0) is 18.1. The number of nitrogens with one attached hydrogen (secondary N) is 2. The lowest BCUT2D eigenvalue weighted by molar-refractivity contribution is 0.386. The Hall–Kier alpha value is -2.64. The quantitative estimate of drug-likeness (QED) is 0.563. The normalized spacial score (nSPS) is 10.5. The highest BCUT2D eigenvalue weighted by Gasteiger charge is 2.07. The zero-order valence-electron chi connectivity index (χ0n) is 14.7. The number of benzene rings is 1. The summed E-state index contributed by atoms with van der Waals surface area (Å²) in [5.41, 5.74) is 6.22. The molecular weight excluding hydrogens is 323 g/mol. The second-order valence-electron chi connectivity index (χ2n) is 5.66. The monoisotopic (exact) mass is 348 g/mol. The van der Waals surface area contributed by atoms with E-state index in [1.54, 1.807) is 6.07 Å². The number of hydrogen-bond acceptors (Lipinski definition) is 7. The van der Waals surface area contributed by atoms with Gasteiger partial charge in [-0.05, 0) is 18.6 Å². The Morgan fingerprint density at radius 3 is 2.56 bits per heavy atom. The number of halogens is 1. The van der Waals surface area contributed by atoms with Crippen molar-refractivity contribution >= 4 is 23.5 Å². The number of ether oxygens (including phenoxy) is 1. The third-order valence-electron chi connectivity index (χ3n) is 3.62. The summed E-state index contributed by atoms with van der Waals surface area (Å²) in [5.74, 6) is 0.455. The van der Waals surface area contributed by atoms with Crippen molar-refractivity contribution in [3.05, 3.63) is 24.0 Å². The van der Waals surface area contributed by atoms with Gasteiger partial charge in [0.25, 0.3) is 0 Å².